The number of carbonyl (C=O) groups is 1. The summed E-state index contributed by atoms with van der Waals surface area (Å²) in [5, 5.41) is 2.41. The number of hydrogen-bond donors (Lipinski definition) is 0. The molecule has 0 saturated carbocycles. The molecule has 0 aliphatic carbocycles. The number of piperazine rings is 1. The van der Waals surface area contributed by atoms with Gasteiger partial charge in [0.25, 0.3) is 0 Å². The Bertz CT molecular complexity index is 1770. The monoisotopic (exact) mass is 618 g/mol. The fourth-order valence-electron chi connectivity index (χ4n) is 6.91. The van der Waals surface area contributed by atoms with Gasteiger partial charge in [-0.3, -0.25) is 4.79 Å². The van der Waals surface area contributed by atoms with Crippen LogP contribution < -0.4 is 14.5 Å². The Labute approximate surface area is 268 Å². The van der Waals surface area contributed by atoms with E-state index in [9.17, 15) is 4.79 Å². The number of imidazole rings is 1. The van der Waals surface area contributed by atoms with Gasteiger partial charge < -0.3 is 33.6 Å². The zero-order valence-electron chi connectivity index (χ0n) is 25.9. The maximum atomic E-state index is 12.6. The quantitative estimate of drug-likeness (QED) is 0.206. The normalized spacial score (nSPS) is 19.8. The molecule has 11 heteroatoms. The van der Waals surface area contributed by atoms with Crippen LogP contribution in [0.1, 0.15) is 42.6 Å². The van der Waals surface area contributed by atoms with Gasteiger partial charge in [0.15, 0.2) is 0 Å². The SMILES string of the molecule is [C-]#[N+]C[C@H]1CN(c2nc(OCc3nccn3C3CCCCO3)nc3c2CCN(c2cccc4ccccc24)C3)CCN1C(=O)C=C. The number of rotatable bonds is 8. The number of nitrogens with zero attached hydrogens (tertiary/aromatic N) is 8. The summed E-state index contributed by atoms with van der Waals surface area (Å²) in [5.74, 6) is 1.43. The van der Waals surface area contributed by atoms with Crippen molar-refractivity contribution in [2.24, 2.45) is 0 Å². The molecule has 1 unspecified atom stereocenters. The number of anilines is 2. The zero-order chi connectivity index (χ0) is 31.5. The van der Waals surface area contributed by atoms with Crippen LogP contribution in [0.5, 0.6) is 6.01 Å². The van der Waals surface area contributed by atoms with Gasteiger partial charge in [0.2, 0.25) is 12.5 Å². The van der Waals surface area contributed by atoms with Gasteiger partial charge in [-0.05, 0) is 43.2 Å². The molecule has 236 valence electrons. The van der Waals surface area contributed by atoms with Gasteiger partial charge in [-0.15, -0.1) is 0 Å². The molecule has 7 rings (SSSR count). The van der Waals surface area contributed by atoms with Gasteiger partial charge in [-0.2, -0.15) is 9.97 Å². The van der Waals surface area contributed by atoms with Crippen molar-refractivity contribution in [1.29, 1.82) is 0 Å². The highest BCUT2D eigenvalue weighted by molar-refractivity contribution is 5.94. The van der Waals surface area contributed by atoms with Gasteiger partial charge in [0.1, 0.15) is 30.5 Å². The van der Waals surface area contributed by atoms with E-state index in [4.69, 9.17) is 26.0 Å². The van der Waals surface area contributed by atoms with E-state index >= 15 is 0 Å². The van der Waals surface area contributed by atoms with Crippen molar-refractivity contribution in [1.82, 2.24) is 24.4 Å². The molecule has 0 radical (unpaired) electrons. The summed E-state index contributed by atoms with van der Waals surface area (Å²) >= 11 is 0. The van der Waals surface area contributed by atoms with Crippen molar-refractivity contribution in [2.75, 3.05) is 49.1 Å². The van der Waals surface area contributed by atoms with Crippen LogP contribution in [0.2, 0.25) is 0 Å². The molecule has 11 nitrogen and oxygen atoms in total. The largest absolute Gasteiger partial charge is 0.455 e. The number of amides is 1. The van der Waals surface area contributed by atoms with Crippen LogP contribution in [0.4, 0.5) is 11.5 Å². The van der Waals surface area contributed by atoms with Gasteiger partial charge in [0, 0.05) is 61.8 Å². The van der Waals surface area contributed by atoms with Crippen molar-refractivity contribution in [3.05, 3.63) is 96.0 Å². The van der Waals surface area contributed by atoms with Crippen LogP contribution in [0, 0.1) is 6.57 Å². The lowest BCUT2D eigenvalue weighted by Crippen LogP contribution is -2.56. The zero-order valence-corrected chi connectivity index (χ0v) is 25.9. The third kappa shape index (κ3) is 5.88. The van der Waals surface area contributed by atoms with Crippen molar-refractivity contribution in [3.63, 3.8) is 0 Å². The summed E-state index contributed by atoms with van der Waals surface area (Å²) in [6, 6.07) is 14.9. The summed E-state index contributed by atoms with van der Waals surface area (Å²) in [6.07, 6.45) is 8.90. The second kappa shape index (κ2) is 13.2. The molecule has 3 aliphatic heterocycles. The lowest BCUT2D eigenvalue weighted by atomic mass is 10.0. The van der Waals surface area contributed by atoms with E-state index in [1.807, 2.05) is 10.8 Å². The van der Waals surface area contributed by atoms with E-state index in [0.29, 0.717) is 32.2 Å². The lowest BCUT2D eigenvalue weighted by molar-refractivity contribution is -0.128. The first-order valence-corrected chi connectivity index (χ1v) is 16.0. The predicted molar refractivity (Wildman–Crippen MR) is 176 cm³/mol. The first-order chi connectivity index (χ1) is 22.6. The third-order valence-corrected chi connectivity index (χ3v) is 9.22. The minimum Gasteiger partial charge on any atom is -0.455 e. The molecule has 2 saturated heterocycles. The highest BCUT2D eigenvalue weighted by Crippen LogP contribution is 2.35. The lowest BCUT2D eigenvalue weighted by Gasteiger charge is -2.41. The molecule has 2 aromatic heterocycles. The summed E-state index contributed by atoms with van der Waals surface area (Å²) < 4.78 is 14.4. The molecule has 0 spiro atoms. The smallest absolute Gasteiger partial charge is 0.319 e. The van der Waals surface area contributed by atoms with E-state index in [2.05, 4.69) is 68.7 Å². The fraction of sp³-hybridized carbons (Fsp3) is 0.400. The van der Waals surface area contributed by atoms with E-state index < -0.39 is 0 Å². The minimum absolute atomic E-state index is 0.0435. The Morgan fingerprint density at radius 1 is 1.11 bits per heavy atom. The molecule has 46 heavy (non-hydrogen) atoms. The maximum absolute atomic E-state index is 12.6. The average molecular weight is 619 g/mol. The average Bonchev–Trinajstić information content (AvgIpc) is 3.59. The van der Waals surface area contributed by atoms with E-state index in [-0.39, 0.29) is 31.3 Å². The van der Waals surface area contributed by atoms with Crippen LogP contribution in [-0.2, 0) is 29.1 Å². The molecule has 3 aliphatic rings. The maximum Gasteiger partial charge on any atom is 0.319 e. The van der Waals surface area contributed by atoms with Crippen LogP contribution in [0.25, 0.3) is 15.6 Å². The topological polar surface area (TPSA) is 93.2 Å². The van der Waals surface area contributed by atoms with Crippen molar-refractivity contribution < 1.29 is 14.3 Å². The number of benzene rings is 2. The van der Waals surface area contributed by atoms with Crippen LogP contribution in [0.3, 0.4) is 0 Å². The Kier molecular flexibility index (Phi) is 8.53. The second-order valence-corrected chi connectivity index (χ2v) is 12.0. The van der Waals surface area contributed by atoms with Crippen molar-refractivity contribution >= 4 is 28.2 Å². The van der Waals surface area contributed by atoms with Crippen molar-refractivity contribution in [3.8, 4) is 6.01 Å². The predicted octanol–water partition coefficient (Wildman–Crippen LogP) is 4.79. The fourth-order valence-corrected chi connectivity index (χ4v) is 6.91. The summed E-state index contributed by atoms with van der Waals surface area (Å²) in [7, 11) is 0. The third-order valence-electron chi connectivity index (χ3n) is 9.22. The minimum atomic E-state index is -0.259. The van der Waals surface area contributed by atoms with Gasteiger partial charge in [-0.25, -0.2) is 11.6 Å². The molecular formula is C35H38N8O3. The summed E-state index contributed by atoms with van der Waals surface area (Å²) in [5.41, 5.74) is 3.19. The highest BCUT2D eigenvalue weighted by Gasteiger charge is 2.35. The number of aromatic nitrogens is 4. The van der Waals surface area contributed by atoms with Crippen molar-refractivity contribution in [2.45, 2.75) is 51.1 Å². The van der Waals surface area contributed by atoms with Crippen LogP contribution in [-0.4, -0.2) is 75.7 Å². The molecule has 1 amide bonds. The van der Waals surface area contributed by atoms with Crippen LogP contribution >= 0.6 is 0 Å². The van der Waals surface area contributed by atoms with Gasteiger partial charge >= 0.3 is 6.01 Å². The summed E-state index contributed by atoms with van der Waals surface area (Å²) in [4.78, 5) is 37.1. The number of ether oxygens (including phenoxy) is 2. The Morgan fingerprint density at radius 2 is 2.00 bits per heavy atom. The number of hydrogen-bond acceptors (Lipinski definition) is 8. The molecule has 0 N–H and O–H groups in total. The van der Waals surface area contributed by atoms with E-state index in [1.165, 1.54) is 22.5 Å². The Balaban J connectivity index is 1.21. The Morgan fingerprint density at radius 3 is 2.85 bits per heavy atom. The molecule has 2 fully saturated rings. The summed E-state index contributed by atoms with van der Waals surface area (Å²) in [6.45, 7) is 15.4. The molecule has 0 bridgehead atoms. The van der Waals surface area contributed by atoms with Crippen LogP contribution in [0.15, 0.2) is 67.5 Å². The first kappa shape index (κ1) is 29.7. The second-order valence-electron chi connectivity index (χ2n) is 12.0. The standard InChI is InChI=1S/C35H38N8O3/c1-3-32(44)42-19-18-41(22-26(42)21-36-2)34-28-14-16-40(30-12-8-10-25-9-4-5-11-27(25)30)23-29(28)38-35(39-34)46-24-31-37-15-17-43(31)33-13-6-7-20-45-33/h3-5,8-12,15,17,26,33H,1,6-7,13-14,16,18-24H2/t26-,33?/m0/s1. The van der Waals surface area contributed by atoms with Gasteiger partial charge in [0.05, 0.1) is 12.2 Å². The number of fused-ring (bicyclic) bond motifs is 2. The molecule has 4 aromatic rings. The van der Waals surface area contributed by atoms with E-state index in [0.717, 1.165) is 61.7 Å². The molecular weight excluding hydrogens is 580 g/mol. The highest BCUT2D eigenvalue weighted by atomic mass is 16.5. The first-order valence-electron chi connectivity index (χ1n) is 16.0. The molecule has 2 atom stereocenters. The Hall–Kier alpha value is -4.95. The number of carbonyl (C=O) groups excluding carboxylic acids is 1. The van der Waals surface area contributed by atoms with Gasteiger partial charge in [-0.1, -0.05) is 43.0 Å². The molecule has 5 heterocycles. The van der Waals surface area contributed by atoms with E-state index in [1.54, 1.807) is 11.1 Å². The molecule has 2 aromatic carbocycles.